The molecular weight excluding hydrogens is 945 g/mol. The van der Waals surface area contributed by atoms with Gasteiger partial charge in [0.1, 0.15) is 24.2 Å². The van der Waals surface area contributed by atoms with E-state index in [0.717, 1.165) is 82.1 Å². The molecule has 2 N–H and O–H groups in total. The van der Waals surface area contributed by atoms with Crippen LogP contribution in [0.15, 0.2) is 60.4 Å². The van der Waals surface area contributed by atoms with Gasteiger partial charge in [-0.2, -0.15) is 0 Å². The second kappa shape index (κ2) is 22.0. The van der Waals surface area contributed by atoms with Crippen LogP contribution in [0.4, 0.5) is 5.69 Å². The highest BCUT2D eigenvalue weighted by Crippen LogP contribution is 2.43. The summed E-state index contributed by atoms with van der Waals surface area (Å²) in [5.41, 5.74) is 11.4. The first-order valence-corrected chi connectivity index (χ1v) is 26.8. The zero-order valence-electron chi connectivity index (χ0n) is 43.9. The number of cyclic esters (lactones) is 1. The number of fused-ring (bicyclic) bond motifs is 6. The Morgan fingerprint density at radius 1 is 1.05 bits per heavy atom. The first-order chi connectivity index (χ1) is 35.0. The largest absolute Gasteiger partial charge is 0.464 e. The molecule has 5 aromatic rings. The average molecular weight is 1020 g/mol. The Morgan fingerprint density at radius 2 is 1.85 bits per heavy atom. The molecule has 0 saturated carbocycles. The smallest absolute Gasteiger partial charge is 0.324 e. The third-order valence-corrected chi connectivity index (χ3v) is 16.1. The van der Waals surface area contributed by atoms with E-state index >= 15 is 0 Å². The summed E-state index contributed by atoms with van der Waals surface area (Å²) in [6, 6.07) is 9.72. The summed E-state index contributed by atoms with van der Waals surface area (Å²) in [4.78, 5) is 78.6. The van der Waals surface area contributed by atoms with Crippen LogP contribution in [0.25, 0.3) is 33.4 Å². The van der Waals surface area contributed by atoms with E-state index in [9.17, 15) is 19.2 Å². The van der Waals surface area contributed by atoms with Crippen molar-refractivity contribution in [3.63, 3.8) is 0 Å². The number of thiazole rings is 1. The number of ether oxygens (including phenoxy) is 3. The molecule has 8 heterocycles. The van der Waals surface area contributed by atoms with Crippen molar-refractivity contribution < 1.29 is 33.4 Å². The highest BCUT2D eigenvalue weighted by Gasteiger charge is 2.43. The van der Waals surface area contributed by atoms with Crippen LogP contribution in [-0.4, -0.2) is 149 Å². The Balaban J connectivity index is 1.09. The average Bonchev–Trinajstić information content (AvgIpc) is 4.15. The molecule has 4 aliphatic rings. The zero-order chi connectivity index (χ0) is 51.7. The van der Waals surface area contributed by atoms with E-state index in [2.05, 4.69) is 82.2 Å². The Bertz CT molecular complexity index is 2810. The summed E-state index contributed by atoms with van der Waals surface area (Å²) in [5, 5.41) is 8.22. The molecule has 73 heavy (non-hydrogen) atoms. The highest BCUT2D eigenvalue weighted by atomic mass is 32.1. The normalized spacial score (nSPS) is 22.8. The molecule has 9 rings (SSSR count). The van der Waals surface area contributed by atoms with Gasteiger partial charge in [-0.25, -0.2) is 10.4 Å². The van der Waals surface area contributed by atoms with E-state index in [-0.39, 0.29) is 36.9 Å². The van der Waals surface area contributed by atoms with Crippen LogP contribution in [0.5, 0.6) is 0 Å². The van der Waals surface area contributed by atoms with E-state index in [0.29, 0.717) is 50.4 Å². The first kappa shape index (κ1) is 52.1. The summed E-state index contributed by atoms with van der Waals surface area (Å²) in [6.07, 6.45) is 6.66. The van der Waals surface area contributed by atoms with Crippen LogP contribution >= 0.6 is 11.3 Å². The number of hydrazine groups is 1. The minimum Gasteiger partial charge on any atom is -0.464 e. The maximum Gasteiger partial charge on any atom is 0.324 e. The summed E-state index contributed by atoms with van der Waals surface area (Å²) in [6.45, 7) is 17.5. The zero-order valence-corrected chi connectivity index (χ0v) is 44.7. The van der Waals surface area contributed by atoms with Crippen molar-refractivity contribution in [1.29, 1.82) is 0 Å². The van der Waals surface area contributed by atoms with Crippen molar-refractivity contribution in [3.05, 3.63) is 82.2 Å². The minimum atomic E-state index is -1.09. The van der Waals surface area contributed by atoms with E-state index in [1.807, 2.05) is 44.5 Å². The van der Waals surface area contributed by atoms with Crippen molar-refractivity contribution in [3.8, 4) is 22.5 Å². The fourth-order valence-corrected chi connectivity index (χ4v) is 12.0. The Kier molecular flexibility index (Phi) is 15.7. The molecule has 3 fully saturated rings. The van der Waals surface area contributed by atoms with Crippen molar-refractivity contribution in [1.82, 2.24) is 45.1 Å². The number of hydrogen-bond acceptors (Lipinski definition) is 14. The molecular formula is C55H72N10O7S. The lowest BCUT2D eigenvalue weighted by atomic mass is 9.84. The van der Waals surface area contributed by atoms with Crippen LogP contribution in [0.1, 0.15) is 94.7 Å². The number of piperazine rings is 1. The molecule has 6 bridgehead atoms. The Morgan fingerprint density at radius 3 is 2.58 bits per heavy atom. The molecule has 17 nitrogen and oxygen atoms in total. The second-order valence-corrected chi connectivity index (χ2v) is 22.3. The van der Waals surface area contributed by atoms with Gasteiger partial charge in [-0.3, -0.25) is 34.2 Å². The van der Waals surface area contributed by atoms with Crippen LogP contribution in [0.2, 0.25) is 0 Å². The van der Waals surface area contributed by atoms with Gasteiger partial charge in [0.05, 0.1) is 46.7 Å². The monoisotopic (exact) mass is 1020 g/mol. The number of aromatic nitrogens is 4. The van der Waals surface area contributed by atoms with Crippen LogP contribution in [0, 0.1) is 11.3 Å². The van der Waals surface area contributed by atoms with Crippen molar-refractivity contribution in [2.45, 2.75) is 116 Å². The van der Waals surface area contributed by atoms with Gasteiger partial charge < -0.3 is 38.8 Å². The van der Waals surface area contributed by atoms with Gasteiger partial charge in [-0.15, -0.1) is 11.3 Å². The standard InChI is InChI=1S/C55H72N10O7S/c1-10-64-45-16-15-35-25-39(45)41(49(64)40-26-37(30-57-47(40)34(4)70-9)63-22-20-61(7)21-23-63)28-55(5,6)32-72-54(69)42-14-12-19-65(60-42)52(67)43(27-46-58-44(35)31-73-46)59-51(66)48(33(2)3)62(8)53(68)50-38(17-24-71-50)36-13-11-18-56-29-36/h11,13,15-16,18,25-26,29-31,33-34,38,42-43,48,50,60H,10,12,14,17,19-24,27-28,32H2,1-9H3,(H,59,66)/t34-,38+,42-,43-,48?,50+/m0/s1. The van der Waals surface area contributed by atoms with Crippen molar-refractivity contribution in [2.75, 3.05) is 72.0 Å². The number of likely N-dealkylation sites (N-methyl/N-ethyl adjacent to an activating group) is 2. The van der Waals surface area contributed by atoms with Crippen LogP contribution in [0.3, 0.4) is 0 Å². The highest BCUT2D eigenvalue weighted by molar-refractivity contribution is 7.10. The molecule has 390 valence electrons. The van der Waals surface area contributed by atoms with Crippen molar-refractivity contribution >= 4 is 51.6 Å². The number of benzene rings is 1. The number of rotatable bonds is 11. The molecule has 3 amide bonds. The van der Waals surface area contributed by atoms with Gasteiger partial charge in [0.25, 0.3) is 11.8 Å². The Hall–Kier alpha value is -5.79. The van der Waals surface area contributed by atoms with Crippen LogP contribution in [-0.2, 0) is 52.8 Å². The molecule has 0 radical (unpaired) electrons. The van der Waals surface area contributed by atoms with Gasteiger partial charge in [-0.05, 0) is 87.9 Å². The molecule has 3 saturated heterocycles. The molecule has 6 atom stereocenters. The number of hydrogen-bond donors (Lipinski definition) is 2. The van der Waals surface area contributed by atoms with E-state index in [1.54, 1.807) is 26.6 Å². The molecule has 0 spiro atoms. The van der Waals surface area contributed by atoms with Gasteiger partial charge in [-0.1, -0.05) is 39.8 Å². The summed E-state index contributed by atoms with van der Waals surface area (Å²) in [5.74, 6) is -2.18. The number of methoxy groups -OCH3 is 1. The van der Waals surface area contributed by atoms with Crippen molar-refractivity contribution in [2.24, 2.45) is 11.3 Å². The SMILES string of the molecule is CCn1c(-c2cc(N3CCN(C)CC3)cnc2[C@H](C)OC)c2c3cc(ccc31)-c1csc(n1)C[C@H](NC(=O)C(C(C)C)N(C)C(=O)[C@@H]1OCC[C@@H]1c1cccnc1)C(=O)N1CCC[C@H](N1)C(=O)OCC(C)(C)C2. The van der Waals surface area contributed by atoms with E-state index in [4.69, 9.17) is 24.2 Å². The maximum absolute atomic E-state index is 14.8. The summed E-state index contributed by atoms with van der Waals surface area (Å²) < 4.78 is 20.6. The lowest BCUT2D eigenvalue weighted by Crippen LogP contribution is -2.62. The van der Waals surface area contributed by atoms with Gasteiger partial charge in [0, 0.05) is 118 Å². The predicted molar refractivity (Wildman–Crippen MR) is 282 cm³/mol. The minimum absolute atomic E-state index is 0.0783. The third kappa shape index (κ3) is 10.9. The van der Waals surface area contributed by atoms with Gasteiger partial charge >= 0.3 is 5.97 Å². The van der Waals surface area contributed by atoms with E-state index in [1.165, 1.54) is 21.2 Å². The number of carbonyl (C=O) groups excluding carboxylic acids is 4. The summed E-state index contributed by atoms with van der Waals surface area (Å²) >= 11 is 1.42. The molecule has 0 aliphatic carbocycles. The number of nitrogens with zero attached hydrogens (tertiary/aromatic N) is 8. The number of aryl methyl sites for hydroxylation is 1. The first-order valence-electron chi connectivity index (χ1n) is 25.9. The number of pyridine rings is 2. The quantitative estimate of drug-likeness (QED) is 0.139. The predicted octanol–water partition coefficient (Wildman–Crippen LogP) is 6.41. The molecule has 1 unspecified atom stereocenters. The van der Waals surface area contributed by atoms with Crippen LogP contribution < -0.4 is 15.6 Å². The number of amides is 3. The number of carbonyl (C=O) groups is 4. The lowest BCUT2D eigenvalue weighted by molar-refractivity contribution is -0.155. The molecule has 18 heteroatoms. The molecule has 1 aromatic carbocycles. The molecule has 4 aromatic heterocycles. The van der Waals surface area contributed by atoms with Gasteiger partial charge in [0.15, 0.2) is 0 Å². The van der Waals surface area contributed by atoms with Gasteiger partial charge in [0.2, 0.25) is 5.91 Å². The number of anilines is 1. The maximum atomic E-state index is 14.8. The fraction of sp³-hybridized carbons (Fsp3) is 0.545. The number of nitrogens with one attached hydrogen (secondary N) is 2. The topological polar surface area (TPSA) is 177 Å². The fourth-order valence-electron chi connectivity index (χ4n) is 11.1. The second-order valence-electron chi connectivity index (χ2n) is 21.4. The lowest BCUT2D eigenvalue weighted by Gasteiger charge is -2.37. The number of esters is 1. The Labute approximate surface area is 432 Å². The van der Waals surface area contributed by atoms with E-state index < -0.39 is 47.4 Å². The summed E-state index contributed by atoms with van der Waals surface area (Å²) in [7, 11) is 5.50. The molecule has 4 aliphatic heterocycles. The third-order valence-electron chi connectivity index (χ3n) is 15.2.